The van der Waals surface area contributed by atoms with Crippen molar-refractivity contribution in [2.24, 2.45) is 0 Å². The van der Waals surface area contributed by atoms with E-state index in [4.69, 9.17) is 0 Å². The van der Waals surface area contributed by atoms with Crippen LogP contribution in [0.2, 0.25) is 0 Å². The van der Waals surface area contributed by atoms with E-state index < -0.39 is 0 Å². The second kappa shape index (κ2) is 4.41. The number of carbonyl (C=O) groups excluding carboxylic acids is 1. The van der Waals surface area contributed by atoms with Gasteiger partial charge in [-0.05, 0) is 12.1 Å². The Bertz CT molecular complexity index is 705. The molecule has 0 unspecified atom stereocenters. The quantitative estimate of drug-likeness (QED) is 0.678. The van der Waals surface area contributed by atoms with Gasteiger partial charge in [-0.1, -0.05) is 48.5 Å². The van der Waals surface area contributed by atoms with Crippen LogP contribution < -0.4 is 0 Å². The maximum atomic E-state index is 11.1. The summed E-state index contributed by atoms with van der Waals surface area (Å²) >= 11 is 0. The van der Waals surface area contributed by atoms with Gasteiger partial charge in [-0.25, -0.2) is 4.98 Å². The highest BCUT2D eigenvalue weighted by Gasteiger charge is 2.06. The number of hydrogen-bond donors (Lipinski definition) is 0. The van der Waals surface area contributed by atoms with Gasteiger partial charge in [0.25, 0.3) is 0 Å². The molecule has 0 aliphatic heterocycles. The summed E-state index contributed by atoms with van der Waals surface area (Å²) < 4.78 is 0. The molecule has 1 aromatic heterocycles. The Morgan fingerprint density at radius 1 is 0.889 bits per heavy atom. The van der Waals surface area contributed by atoms with E-state index >= 15 is 0 Å². The largest absolute Gasteiger partial charge is 0.285 e. The fraction of sp³-hybridized carbons (Fsp3) is 0. The van der Waals surface area contributed by atoms with E-state index in [1.807, 2.05) is 60.9 Å². The lowest BCUT2D eigenvalue weighted by molar-refractivity contribution is 0.563. The Labute approximate surface area is 105 Å². The van der Waals surface area contributed by atoms with Gasteiger partial charge in [-0.2, -0.15) is 0 Å². The summed E-state index contributed by atoms with van der Waals surface area (Å²) in [6, 6.07) is 19.2. The highest BCUT2D eigenvalue weighted by Crippen LogP contribution is 2.23. The molecule has 0 saturated carbocycles. The van der Waals surface area contributed by atoms with Gasteiger partial charge < -0.3 is 0 Å². The summed E-state index contributed by atoms with van der Waals surface area (Å²) in [5.41, 5.74) is 3.17. The van der Waals surface area contributed by atoms with E-state index in [1.54, 1.807) is 6.07 Å². The molecule has 0 bridgehead atoms. The van der Waals surface area contributed by atoms with Gasteiger partial charge in [0.1, 0.15) is 0 Å². The smallest absolute Gasteiger partial charge is 0.234 e. The highest BCUT2D eigenvalue weighted by molar-refractivity contribution is 5.98. The van der Waals surface area contributed by atoms with E-state index in [2.05, 4.69) is 4.98 Å². The van der Waals surface area contributed by atoms with Crippen molar-refractivity contribution in [1.82, 2.24) is 4.98 Å². The van der Waals surface area contributed by atoms with E-state index in [0.29, 0.717) is 5.56 Å². The van der Waals surface area contributed by atoms with Crippen molar-refractivity contribution in [3.05, 3.63) is 66.2 Å². The lowest BCUT2D eigenvalue weighted by Crippen LogP contribution is -1.91. The molecule has 2 heteroatoms. The monoisotopic (exact) mass is 232 g/mol. The van der Waals surface area contributed by atoms with Crippen molar-refractivity contribution >= 4 is 17.2 Å². The molecule has 0 atom stereocenters. The van der Waals surface area contributed by atoms with E-state index in [9.17, 15) is 4.79 Å². The molecule has 0 spiro atoms. The number of fused-ring (bicyclic) bond motifs is 1. The first kappa shape index (κ1) is 10.7. The molecule has 85 valence electrons. The topological polar surface area (TPSA) is 30.0 Å². The van der Waals surface area contributed by atoms with Crippen LogP contribution in [-0.2, 0) is 4.79 Å². The molecular weight excluding hydrogens is 222 g/mol. The molecule has 18 heavy (non-hydrogen) atoms. The normalized spacial score (nSPS) is 10.4. The van der Waals surface area contributed by atoms with Crippen LogP contribution in [0.5, 0.6) is 0 Å². The Morgan fingerprint density at radius 2 is 1.61 bits per heavy atom. The SMILES string of the molecule is O=[C]c1cc(-c2ccccc2)nc2ccccc12. The van der Waals surface area contributed by atoms with Crippen LogP contribution in [0.3, 0.4) is 0 Å². The number of rotatable bonds is 2. The predicted octanol–water partition coefficient (Wildman–Crippen LogP) is 3.36. The minimum absolute atomic E-state index is 0.555. The van der Waals surface area contributed by atoms with Gasteiger partial charge in [0.05, 0.1) is 11.2 Å². The third-order valence-electron chi connectivity index (χ3n) is 2.90. The second-order valence-electron chi connectivity index (χ2n) is 4.04. The Hall–Kier alpha value is -2.48. The van der Waals surface area contributed by atoms with Crippen LogP contribution in [0.1, 0.15) is 5.56 Å². The average molecular weight is 232 g/mol. The van der Waals surface area contributed by atoms with Crippen molar-refractivity contribution in [1.29, 1.82) is 0 Å². The number of nitrogens with zero attached hydrogens (tertiary/aromatic N) is 1. The lowest BCUT2D eigenvalue weighted by atomic mass is 10.1. The van der Waals surface area contributed by atoms with Crippen molar-refractivity contribution in [2.75, 3.05) is 0 Å². The summed E-state index contributed by atoms with van der Waals surface area (Å²) in [4.78, 5) is 15.6. The molecule has 2 nitrogen and oxygen atoms in total. The van der Waals surface area contributed by atoms with Crippen molar-refractivity contribution in [3.63, 3.8) is 0 Å². The van der Waals surface area contributed by atoms with Crippen LogP contribution in [-0.4, -0.2) is 11.3 Å². The number of aromatic nitrogens is 1. The molecule has 3 aromatic rings. The van der Waals surface area contributed by atoms with Crippen LogP contribution in [0, 0.1) is 0 Å². The Kier molecular flexibility index (Phi) is 2.61. The molecule has 0 aliphatic rings. The van der Waals surface area contributed by atoms with Gasteiger partial charge in [0, 0.05) is 16.5 Å². The van der Waals surface area contributed by atoms with E-state index in [-0.39, 0.29) is 0 Å². The third-order valence-corrected chi connectivity index (χ3v) is 2.90. The third kappa shape index (κ3) is 1.78. The molecule has 0 aliphatic carbocycles. The summed E-state index contributed by atoms with van der Waals surface area (Å²) in [6.07, 6.45) is 1.99. The molecule has 0 N–H and O–H groups in total. The van der Waals surface area contributed by atoms with Crippen LogP contribution >= 0.6 is 0 Å². The highest BCUT2D eigenvalue weighted by atomic mass is 16.1. The van der Waals surface area contributed by atoms with Crippen LogP contribution in [0.25, 0.3) is 22.2 Å². The minimum Gasteiger partial charge on any atom is -0.285 e. The fourth-order valence-electron chi connectivity index (χ4n) is 2.02. The summed E-state index contributed by atoms with van der Waals surface area (Å²) in [7, 11) is 0. The van der Waals surface area contributed by atoms with Gasteiger partial charge >= 0.3 is 0 Å². The van der Waals surface area contributed by atoms with E-state index in [1.165, 1.54) is 0 Å². The Balaban J connectivity index is 2.29. The molecular formula is C16H10NO. The summed E-state index contributed by atoms with van der Waals surface area (Å²) in [6.45, 7) is 0. The molecule has 3 rings (SSSR count). The minimum atomic E-state index is 0.555. The maximum absolute atomic E-state index is 11.1. The van der Waals surface area contributed by atoms with Crippen molar-refractivity contribution < 1.29 is 4.79 Å². The second-order valence-corrected chi connectivity index (χ2v) is 4.04. The first-order valence-electron chi connectivity index (χ1n) is 5.72. The Morgan fingerprint density at radius 3 is 2.39 bits per heavy atom. The summed E-state index contributed by atoms with van der Waals surface area (Å²) in [5, 5.41) is 0.840. The molecule has 2 aromatic carbocycles. The molecule has 0 amide bonds. The van der Waals surface area contributed by atoms with Gasteiger partial charge in [0.2, 0.25) is 6.29 Å². The number of pyridine rings is 1. The summed E-state index contributed by atoms with van der Waals surface area (Å²) in [5.74, 6) is 0. The maximum Gasteiger partial charge on any atom is 0.234 e. The molecule has 1 heterocycles. The average Bonchev–Trinajstić information content (AvgIpc) is 2.47. The molecule has 1 radical (unpaired) electrons. The van der Waals surface area contributed by atoms with Crippen molar-refractivity contribution in [3.8, 4) is 11.3 Å². The zero-order chi connectivity index (χ0) is 12.4. The van der Waals surface area contributed by atoms with Gasteiger partial charge in [-0.15, -0.1) is 0 Å². The number of hydrogen-bond acceptors (Lipinski definition) is 2. The lowest BCUT2D eigenvalue weighted by Gasteiger charge is -2.05. The van der Waals surface area contributed by atoms with Crippen LogP contribution in [0.4, 0.5) is 0 Å². The number of benzene rings is 2. The first-order chi connectivity index (χ1) is 8.88. The zero-order valence-corrected chi connectivity index (χ0v) is 9.63. The zero-order valence-electron chi connectivity index (χ0n) is 9.63. The van der Waals surface area contributed by atoms with E-state index in [0.717, 1.165) is 22.2 Å². The van der Waals surface area contributed by atoms with Crippen LogP contribution in [0.15, 0.2) is 60.7 Å². The van der Waals surface area contributed by atoms with Gasteiger partial charge in [-0.3, -0.25) is 4.79 Å². The fourth-order valence-corrected chi connectivity index (χ4v) is 2.02. The predicted molar refractivity (Wildman–Crippen MR) is 72.0 cm³/mol. The molecule has 0 fully saturated rings. The van der Waals surface area contributed by atoms with Gasteiger partial charge in [0.15, 0.2) is 0 Å². The number of para-hydroxylation sites is 1. The standard InChI is InChI=1S/C16H10NO/c18-11-13-10-16(12-6-2-1-3-7-12)17-15-9-5-4-8-14(13)15/h1-10H. The molecule has 0 saturated heterocycles. The first-order valence-corrected chi connectivity index (χ1v) is 5.72. The van der Waals surface area contributed by atoms with Crippen molar-refractivity contribution in [2.45, 2.75) is 0 Å².